The Balaban J connectivity index is 1.95. The molecule has 1 amide bonds. The summed E-state index contributed by atoms with van der Waals surface area (Å²) in [5.74, 6) is 0.821. The lowest BCUT2D eigenvalue weighted by Crippen LogP contribution is -2.42. The summed E-state index contributed by atoms with van der Waals surface area (Å²) in [4.78, 5) is 13.3. The quantitative estimate of drug-likeness (QED) is 0.687. The van der Waals surface area contributed by atoms with Crippen LogP contribution in [0.3, 0.4) is 0 Å². The van der Waals surface area contributed by atoms with E-state index in [0.717, 1.165) is 0 Å². The van der Waals surface area contributed by atoms with Crippen molar-refractivity contribution in [2.24, 2.45) is 5.92 Å². The van der Waals surface area contributed by atoms with Crippen LogP contribution in [0.1, 0.15) is 32.6 Å². The number of carbonyl (C=O) groups is 1. The summed E-state index contributed by atoms with van der Waals surface area (Å²) in [6, 6.07) is 0.346. The van der Waals surface area contributed by atoms with Gasteiger partial charge < -0.3 is 10.0 Å². The van der Waals surface area contributed by atoms with E-state index < -0.39 is 6.10 Å². The Hall–Kier alpha value is -0.570. The van der Waals surface area contributed by atoms with Crippen molar-refractivity contribution in [1.82, 2.24) is 4.90 Å². The molecule has 13 heavy (non-hydrogen) atoms. The molecule has 1 aliphatic heterocycles. The molecular weight excluding hydrogens is 166 g/mol. The fourth-order valence-electron chi connectivity index (χ4n) is 2.28. The third-order valence-electron chi connectivity index (χ3n) is 3.46. The molecule has 1 N–H and O–H groups in total. The van der Waals surface area contributed by atoms with Gasteiger partial charge in [0.15, 0.2) is 0 Å². The smallest absolute Gasteiger partial charge is 0.225 e. The van der Waals surface area contributed by atoms with E-state index >= 15 is 0 Å². The molecule has 0 aromatic rings. The van der Waals surface area contributed by atoms with Crippen molar-refractivity contribution in [2.45, 2.75) is 44.8 Å². The van der Waals surface area contributed by atoms with Crippen LogP contribution in [0.2, 0.25) is 0 Å². The highest BCUT2D eigenvalue weighted by Gasteiger charge is 2.36. The molecule has 2 aliphatic rings. The van der Waals surface area contributed by atoms with E-state index in [9.17, 15) is 9.90 Å². The van der Waals surface area contributed by atoms with Crippen molar-refractivity contribution in [3.63, 3.8) is 0 Å². The fraction of sp³-hybridized carbons (Fsp3) is 0.900. The molecule has 0 aromatic carbocycles. The van der Waals surface area contributed by atoms with E-state index in [0.29, 0.717) is 24.9 Å². The molecule has 1 aliphatic carbocycles. The van der Waals surface area contributed by atoms with Gasteiger partial charge in [-0.2, -0.15) is 0 Å². The van der Waals surface area contributed by atoms with Crippen LogP contribution in [0.25, 0.3) is 0 Å². The first-order valence-corrected chi connectivity index (χ1v) is 5.16. The van der Waals surface area contributed by atoms with Crippen molar-refractivity contribution in [1.29, 1.82) is 0 Å². The zero-order valence-corrected chi connectivity index (χ0v) is 8.07. The predicted molar refractivity (Wildman–Crippen MR) is 49.1 cm³/mol. The second-order valence-electron chi connectivity index (χ2n) is 4.34. The number of hydrogen-bond donors (Lipinski definition) is 1. The minimum atomic E-state index is -0.421. The maximum atomic E-state index is 11.4. The van der Waals surface area contributed by atoms with Gasteiger partial charge in [0.25, 0.3) is 0 Å². The van der Waals surface area contributed by atoms with Crippen LogP contribution in [0.5, 0.6) is 0 Å². The van der Waals surface area contributed by atoms with Gasteiger partial charge in [0.05, 0.1) is 12.5 Å². The standard InChI is InChI=1S/C10H17NO2/c1-7(8-3-2-4-8)11-6-9(12)5-10(11)13/h7-9,12H,2-6H2,1H3. The van der Waals surface area contributed by atoms with Crippen LogP contribution >= 0.6 is 0 Å². The summed E-state index contributed by atoms with van der Waals surface area (Å²) < 4.78 is 0. The number of hydrogen-bond acceptors (Lipinski definition) is 2. The molecule has 2 unspecified atom stereocenters. The van der Waals surface area contributed by atoms with Gasteiger partial charge in [-0.25, -0.2) is 0 Å². The van der Waals surface area contributed by atoms with E-state index in [-0.39, 0.29) is 5.91 Å². The molecule has 0 spiro atoms. The summed E-state index contributed by atoms with van der Waals surface area (Å²) >= 11 is 0. The van der Waals surface area contributed by atoms with Crippen LogP contribution < -0.4 is 0 Å². The van der Waals surface area contributed by atoms with E-state index in [1.807, 2.05) is 4.90 Å². The zero-order valence-electron chi connectivity index (χ0n) is 8.07. The van der Waals surface area contributed by atoms with Gasteiger partial charge in [-0.1, -0.05) is 6.42 Å². The molecule has 0 aromatic heterocycles. The molecule has 3 heteroatoms. The number of aliphatic hydroxyl groups is 1. The van der Waals surface area contributed by atoms with Crippen LogP contribution in [-0.4, -0.2) is 34.6 Å². The summed E-state index contributed by atoms with van der Waals surface area (Å²) in [7, 11) is 0. The van der Waals surface area contributed by atoms with Gasteiger partial charge in [-0.3, -0.25) is 4.79 Å². The van der Waals surface area contributed by atoms with Gasteiger partial charge >= 0.3 is 0 Å². The lowest BCUT2D eigenvalue weighted by atomic mass is 9.80. The Kier molecular flexibility index (Phi) is 2.28. The Labute approximate surface area is 78.7 Å². The third-order valence-corrected chi connectivity index (χ3v) is 3.46. The molecule has 74 valence electrons. The number of carbonyl (C=O) groups excluding carboxylic acids is 1. The largest absolute Gasteiger partial charge is 0.391 e. The number of rotatable bonds is 2. The lowest BCUT2D eigenvalue weighted by molar-refractivity contribution is -0.130. The Morgan fingerprint density at radius 3 is 2.62 bits per heavy atom. The van der Waals surface area contributed by atoms with Crippen LogP contribution in [0.4, 0.5) is 0 Å². The third kappa shape index (κ3) is 1.57. The minimum Gasteiger partial charge on any atom is -0.391 e. The Bertz CT molecular complexity index is 213. The van der Waals surface area contributed by atoms with Crippen molar-refractivity contribution >= 4 is 5.91 Å². The summed E-state index contributed by atoms with van der Waals surface area (Å²) in [5.41, 5.74) is 0. The molecule has 1 saturated heterocycles. The van der Waals surface area contributed by atoms with Crippen molar-refractivity contribution < 1.29 is 9.90 Å². The zero-order chi connectivity index (χ0) is 9.42. The van der Waals surface area contributed by atoms with Gasteiger partial charge in [0.2, 0.25) is 5.91 Å². The predicted octanol–water partition coefficient (Wildman–Crippen LogP) is 0.768. The van der Waals surface area contributed by atoms with E-state index in [4.69, 9.17) is 0 Å². The van der Waals surface area contributed by atoms with Gasteiger partial charge in [0.1, 0.15) is 0 Å². The normalized spacial score (nSPS) is 32.0. The monoisotopic (exact) mass is 183 g/mol. The van der Waals surface area contributed by atoms with Crippen molar-refractivity contribution in [2.75, 3.05) is 6.54 Å². The summed E-state index contributed by atoms with van der Waals surface area (Å²) in [5, 5.41) is 9.33. The van der Waals surface area contributed by atoms with Gasteiger partial charge in [-0.05, 0) is 25.7 Å². The molecular formula is C10H17NO2. The average molecular weight is 183 g/mol. The first-order valence-electron chi connectivity index (χ1n) is 5.16. The van der Waals surface area contributed by atoms with Gasteiger partial charge in [-0.15, -0.1) is 0 Å². The van der Waals surface area contributed by atoms with Crippen molar-refractivity contribution in [3.05, 3.63) is 0 Å². The second kappa shape index (κ2) is 3.29. The molecule has 3 nitrogen and oxygen atoms in total. The van der Waals surface area contributed by atoms with Crippen LogP contribution in [0, 0.1) is 5.92 Å². The highest BCUT2D eigenvalue weighted by Crippen LogP contribution is 2.33. The molecule has 0 bridgehead atoms. The Morgan fingerprint density at radius 1 is 1.54 bits per heavy atom. The highest BCUT2D eigenvalue weighted by atomic mass is 16.3. The van der Waals surface area contributed by atoms with Crippen molar-refractivity contribution in [3.8, 4) is 0 Å². The maximum absolute atomic E-state index is 11.4. The number of aliphatic hydroxyl groups excluding tert-OH is 1. The number of amides is 1. The average Bonchev–Trinajstić information content (AvgIpc) is 2.26. The molecule has 2 atom stereocenters. The number of likely N-dealkylation sites (tertiary alicyclic amines) is 1. The number of nitrogens with zero attached hydrogens (tertiary/aromatic N) is 1. The van der Waals surface area contributed by atoms with Gasteiger partial charge in [0, 0.05) is 12.6 Å². The minimum absolute atomic E-state index is 0.131. The molecule has 2 rings (SSSR count). The lowest BCUT2D eigenvalue weighted by Gasteiger charge is -2.37. The highest BCUT2D eigenvalue weighted by molar-refractivity contribution is 5.79. The van der Waals surface area contributed by atoms with Crippen LogP contribution in [-0.2, 0) is 4.79 Å². The first kappa shape index (κ1) is 9.00. The molecule has 1 saturated carbocycles. The fourth-order valence-corrected chi connectivity index (χ4v) is 2.28. The van der Waals surface area contributed by atoms with E-state index in [1.165, 1.54) is 19.3 Å². The summed E-state index contributed by atoms with van der Waals surface area (Å²) in [6.07, 6.45) is 3.72. The second-order valence-corrected chi connectivity index (χ2v) is 4.34. The van der Waals surface area contributed by atoms with E-state index in [1.54, 1.807) is 0 Å². The number of β-amino-alcohol motifs (C(OH)–C–C–N with tert-alkyl or cyclic N) is 1. The SMILES string of the molecule is CC(C1CCC1)N1CC(O)CC1=O. The maximum Gasteiger partial charge on any atom is 0.225 e. The van der Waals surface area contributed by atoms with E-state index in [2.05, 4.69) is 6.92 Å². The molecule has 2 fully saturated rings. The summed E-state index contributed by atoms with van der Waals surface area (Å²) in [6.45, 7) is 2.66. The first-order chi connectivity index (χ1) is 6.18. The Morgan fingerprint density at radius 2 is 2.23 bits per heavy atom. The van der Waals surface area contributed by atoms with Crippen LogP contribution in [0.15, 0.2) is 0 Å². The topological polar surface area (TPSA) is 40.5 Å². The molecule has 1 heterocycles. The molecule has 0 radical (unpaired) electrons.